The second kappa shape index (κ2) is 15.2. The largest absolute Gasteiger partial charge is 2.00 e. The van der Waals surface area contributed by atoms with Crippen LogP contribution in [0.5, 0.6) is 0 Å². The van der Waals surface area contributed by atoms with Gasteiger partial charge in [-0.1, -0.05) is 0 Å². The number of aromatic nitrogens is 12. The van der Waals surface area contributed by atoms with Crippen LogP contribution in [-0.4, -0.2) is 59.8 Å². The van der Waals surface area contributed by atoms with E-state index in [0.29, 0.717) is 0 Å². The summed E-state index contributed by atoms with van der Waals surface area (Å²) < 4.78 is 0. The van der Waals surface area contributed by atoms with Crippen LogP contribution in [0.2, 0.25) is 0 Å². The Hall–Kier alpha value is -4.90. The van der Waals surface area contributed by atoms with Crippen molar-refractivity contribution in [2.45, 2.75) is 0 Å². The van der Waals surface area contributed by atoms with E-state index in [-0.39, 0.29) is 19.5 Å². The minimum absolute atomic E-state index is 0. The third-order valence-electron chi connectivity index (χ3n) is 4.17. The molecular weight excluding hydrogens is 557 g/mol. The Balaban J connectivity index is 0.000000152. The molecule has 0 aliphatic rings. The van der Waals surface area contributed by atoms with E-state index < -0.39 is 0 Å². The van der Waals surface area contributed by atoms with Crippen LogP contribution >= 0.6 is 0 Å². The standard InChI is InChI=1S/3C8H6N4.Ru/c3*1-3-11-7(5-9-1)8-6-10-2-4-12-8;/h3*1-6H;/q;;;+2. The van der Waals surface area contributed by atoms with Crippen molar-refractivity contribution in [3.05, 3.63) is 112 Å². The number of hydrogen-bond acceptors (Lipinski definition) is 12. The third kappa shape index (κ3) is 8.68. The van der Waals surface area contributed by atoms with Gasteiger partial charge in [0, 0.05) is 74.4 Å². The van der Waals surface area contributed by atoms with E-state index in [1.165, 1.54) is 0 Å². The fourth-order valence-electron chi connectivity index (χ4n) is 2.59. The molecule has 0 aliphatic heterocycles. The van der Waals surface area contributed by atoms with Crippen LogP contribution in [0.4, 0.5) is 0 Å². The maximum atomic E-state index is 4.08. The van der Waals surface area contributed by atoms with E-state index >= 15 is 0 Å². The summed E-state index contributed by atoms with van der Waals surface area (Å²) in [6, 6.07) is 0. The summed E-state index contributed by atoms with van der Waals surface area (Å²) in [5.41, 5.74) is 4.45. The van der Waals surface area contributed by atoms with E-state index in [0.717, 1.165) is 34.2 Å². The van der Waals surface area contributed by atoms with Crippen molar-refractivity contribution < 1.29 is 19.5 Å². The Bertz CT molecular complexity index is 1110. The first-order valence-corrected chi connectivity index (χ1v) is 10.5. The minimum atomic E-state index is 0. The molecule has 0 N–H and O–H groups in total. The molecule has 6 rings (SSSR count). The van der Waals surface area contributed by atoms with Crippen LogP contribution in [0.1, 0.15) is 0 Å². The van der Waals surface area contributed by atoms with Crippen LogP contribution in [0.3, 0.4) is 0 Å². The summed E-state index contributed by atoms with van der Waals surface area (Å²) in [6.45, 7) is 0. The Kier molecular flexibility index (Phi) is 10.9. The van der Waals surface area contributed by atoms with Crippen LogP contribution in [0.25, 0.3) is 34.2 Å². The van der Waals surface area contributed by atoms with Crippen LogP contribution in [-0.2, 0) is 19.5 Å². The normalized spacial score (nSPS) is 9.41. The fourth-order valence-corrected chi connectivity index (χ4v) is 2.59. The van der Waals surface area contributed by atoms with E-state index in [9.17, 15) is 0 Å². The van der Waals surface area contributed by atoms with Gasteiger partial charge in [0.05, 0.1) is 37.2 Å². The maximum Gasteiger partial charge on any atom is 2.00 e. The molecule has 0 aliphatic carbocycles. The van der Waals surface area contributed by atoms with Crippen molar-refractivity contribution in [3.8, 4) is 34.2 Å². The van der Waals surface area contributed by atoms with Gasteiger partial charge in [0.2, 0.25) is 0 Å². The quantitative estimate of drug-likeness (QED) is 0.285. The molecule has 6 aromatic rings. The SMILES string of the molecule is [Ru+2].c1cnc(-c2cnccn2)cn1.c1cnc(-c2cnccn2)cn1.c1cnc(-c2cnccn2)cn1. The fraction of sp³-hybridized carbons (Fsp3) is 0. The molecule has 12 nitrogen and oxygen atoms in total. The molecule has 0 spiro atoms. The van der Waals surface area contributed by atoms with Gasteiger partial charge in [-0.05, 0) is 0 Å². The molecule has 37 heavy (non-hydrogen) atoms. The summed E-state index contributed by atoms with van der Waals surface area (Å²) in [6.07, 6.45) is 29.5. The van der Waals surface area contributed by atoms with Gasteiger partial charge < -0.3 is 0 Å². The Morgan fingerprint density at radius 2 is 0.405 bits per heavy atom. The summed E-state index contributed by atoms with van der Waals surface area (Å²) in [7, 11) is 0. The first-order chi connectivity index (χ1) is 17.9. The predicted octanol–water partition coefficient (Wildman–Crippen LogP) is 2.80. The number of nitrogens with zero attached hydrogens (tertiary/aromatic N) is 12. The zero-order chi connectivity index (χ0) is 24.7. The second-order valence-electron chi connectivity index (χ2n) is 6.54. The zero-order valence-corrected chi connectivity index (χ0v) is 20.9. The van der Waals surface area contributed by atoms with Gasteiger partial charge in [-0.25, -0.2) is 0 Å². The van der Waals surface area contributed by atoms with E-state index in [2.05, 4.69) is 59.8 Å². The molecule has 180 valence electrons. The van der Waals surface area contributed by atoms with Crippen molar-refractivity contribution in [3.63, 3.8) is 0 Å². The molecular formula is C24H18N12Ru+2. The summed E-state index contributed by atoms with van der Waals surface area (Å²) in [5, 5.41) is 0. The first kappa shape index (κ1) is 26.7. The van der Waals surface area contributed by atoms with Crippen LogP contribution < -0.4 is 0 Å². The molecule has 0 fully saturated rings. The van der Waals surface area contributed by atoms with Gasteiger partial charge in [-0.3, -0.25) is 59.8 Å². The number of rotatable bonds is 3. The van der Waals surface area contributed by atoms with Crippen molar-refractivity contribution in [2.75, 3.05) is 0 Å². The predicted molar refractivity (Wildman–Crippen MR) is 129 cm³/mol. The average Bonchev–Trinajstić information content (AvgIpc) is 3.01. The van der Waals surface area contributed by atoms with Crippen molar-refractivity contribution in [1.82, 2.24) is 59.8 Å². The van der Waals surface area contributed by atoms with Gasteiger partial charge in [0.25, 0.3) is 0 Å². The average molecular weight is 576 g/mol. The maximum absolute atomic E-state index is 4.08. The first-order valence-electron chi connectivity index (χ1n) is 10.5. The molecule has 6 aromatic heterocycles. The minimum Gasteiger partial charge on any atom is -0.261 e. The third-order valence-corrected chi connectivity index (χ3v) is 4.17. The molecule has 0 unspecified atom stereocenters. The topological polar surface area (TPSA) is 155 Å². The van der Waals surface area contributed by atoms with Gasteiger partial charge in [0.15, 0.2) is 0 Å². The van der Waals surface area contributed by atoms with E-state index in [4.69, 9.17) is 0 Å². The Labute approximate surface area is 224 Å². The monoisotopic (exact) mass is 576 g/mol. The van der Waals surface area contributed by atoms with E-state index in [1.54, 1.807) is 112 Å². The molecule has 0 bridgehead atoms. The Morgan fingerprint density at radius 1 is 0.243 bits per heavy atom. The zero-order valence-electron chi connectivity index (χ0n) is 19.1. The molecule has 0 radical (unpaired) electrons. The van der Waals surface area contributed by atoms with Crippen molar-refractivity contribution >= 4 is 0 Å². The van der Waals surface area contributed by atoms with Gasteiger partial charge in [-0.2, -0.15) is 0 Å². The second-order valence-corrected chi connectivity index (χ2v) is 6.54. The molecule has 0 saturated carbocycles. The molecule has 0 atom stereocenters. The van der Waals surface area contributed by atoms with E-state index in [1.807, 2.05) is 0 Å². The van der Waals surface area contributed by atoms with Crippen LogP contribution in [0, 0.1) is 0 Å². The molecule has 13 heteroatoms. The molecule has 6 heterocycles. The summed E-state index contributed by atoms with van der Waals surface area (Å²) in [5.74, 6) is 0. The molecule has 0 amide bonds. The Morgan fingerprint density at radius 3 is 0.514 bits per heavy atom. The summed E-state index contributed by atoms with van der Waals surface area (Å²) >= 11 is 0. The van der Waals surface area contributed by atoms with Crippen LogP contribution in [0.15, 0.2) is 112 Å². The molecule has 0 saturated heterocycles. The number of hydrogen-bond donors (Lipinski definition) is 0. The van der Waals surface area contributed by atoms with Crippen molar-refractivity contribution in [2.24, 2.45) is 0 Å². The molecule has 0 aromatic carbocycles. The van der Waals surface area contributed by atoms with Gasteiger partial charge in [0.1, 0.15) is 34.2 Å². The van der Waals surface area contributed by atoms with Crippen molar-refractivity contribution in [1.29, 1.82) is 0 Å². The van der Waals surface area contributed by atoms with Gasteiger partial charge in [-0.15, -0.1) is 0 Å². The smallest absolute Gasteiger partial charge is 0.261 e. The summed E-state index contributed by atoms with van der Waals surface area (Å²) in [4.78, 5) is 48.1. The van der Waals surface area contributed by atoms with Gasteiger partial charge >= 0.3 is 19.5 Å².